The number of hydrogen-bond donors (Lipinski definition) is 0. The fourth-order valence-electron chi connectivity index (χ4n) is 4.10. The van der Waals surface area contributed by atoms with E-state index in [0.717, 1.165) is 23.9 Å². The Kier molecular flexibility index (Phi) is 8.79. The van der Waals surface area contributed by atoms with Crippen molar-refractivity contribution in [3.8, 4) is 5.75 Å². The Morgan fingerprint density at radius 3 is 2.46 bits per heavy atom. The van der Waals surface area contributed by atoms with Gasteiger partial charge in [0.05, 0.1) is 5.51 Å². The van der Waals surface area contributed by atoms with E-state index in [9.17, 15) is 13.2 Å². The number of aromatic nitrogens is 1. The number of hydrogen-bond acceptors (Lipinski definition) is 8. The normalized spacial score (nSPS) is 15.2. The number of sulfonamides is 1. The first-order chi connectivity index (χ1) is 18.4. The number of ether oxygens (including phenoxy) is 2. The van der Waals surface area contributed by atoms with Crippen molar-refractivity contribution in [1.82, 2.24) is 9.88 Å². The van der Waals surface area contributed by atoms with Crippen LogP contribution in [0.1, 0.15) is 39.2 Å². The van der Waals surface area contributed by atoms with Crippen molar-refractivity contribution in [2.24, 2.45) is 0 Å². The number of amides is 1. The van der Waals surface area contributed by atoms with Crippen molar-refractivity contribution in [3.05, 3.63) is 69.5 Å². The molecule has 1 amide bonds. The van der Waals surface area contributed by atoms with Crippen LogP contribution in [0.3, 0.4) is 0 Å². The average molecular weight is 600 g/mol. The first-order valence-electron chi connectivity index (χ1n) is 12.1. The van der Waals surface area contributed by atoms with E-state index in [-0.39, 0.29) is 22.0 Å². The lowest BCUT2D eigenvalue weighted by atomic mass is 10.1. The molecule has 0 saturated carbocycles. The molecule has 0 aliphatic carbocycles. The van der Waals surface area contributed by atoms with Gasteiger partial charge < -0.3 is 9.47 Å². The van der Waals surface area contributed by atoms with Gasteiger partial charge in [0.15, 0.2) is 22.3 Å². The number of thiazole rings is 1. The predicted molar refractivity (Wildman–Crippen MR) is 145 cm³/mol. The van der Waals surface area contributed by atoms with Gasteiger partial charge >= 0.3 is 6.09 Å². The number of nitrogens with zero attached hydrogens (tertiary/aromatic N) is 3. The fraction of sp³-hybridized carbons (Fsp3) is 0.385. The first kappa shape index (κ1) is 29.2. The molecule has 210 valence electrons. The Morgan fingerprint density at radius 1 is 1.21 bits per heavy atom. The third kappa shape index (κ3) is 6.86. The van der Waals surface area contributed by atoms with Crippen LogP contribution in [0.4, 0.5) is 19.4 Å². The highest BCUT2D eigenvalue weighted by Gasteiger charge is 2.41. The summed E-state index contributed by atoms with van der Waals surface area (Å²) in [5, 5.41) is 0.532. The van der Waals surface area contributed by atoms with Crippen LogP contribution in [0.25, 0.3) is 0 Å². The Labute approximate surface area is 235 Å². The highest BCUT2D eigenvalue weighted by molar-refractivity contribution is 7.93. The fourth-order valence-corrected chi connectivity index (χ4v) is 6.33. The van der Waals surface area contributed by atoms with Crippen molar-refractivity contribution >= 4 is 44.9 Å². The van der Waals surface area contributed by atoms with Gasteiger partial charge in [0.25, 0.3) is 10.0 Å². The minimum atomic E-state index is -5.16. The van der Waals surface area contributed by atoms with Crippen molar-refractivity contribution in [2.45, 2.75) is 56.8 Å². The molecule has 39 heavy (non-hydrogen) atoms. The molecule has 8 nitrogen and oxygen atoms in total. The quantitative estimate of drug-likeness (QED) is 0.297. The zero-order chi connectivity index (χ0) is 28.4. The number of likely N-dealkylation sites (tertiary alicyclic amines) is 1. The molecule has 0 atom stereocenters. The molecule has 1 saturated heterocycles. The number of benzene rings is 2. The first-order valence-corrected chi connectivity index (χ1v) is 14.9. The minimum Gasteiger partial charge on any atom is -0.489 e. The van der Waals surface area contributed by atoms with Gasteiger partial charge in [-0.15, -0.1) is 15.6 Å². The van der Waals surface area contributed by atoms with Crippen LogP contribution in [-0.2, 0) is 21.3 Å². The molecular weight excluding hydrogens is 572 g/mol. The SMILES string of the molecule is CC(C)(C)OC(=O)N(c1cscn1)S(=O)(=O)c1c(F)cc(OC2CCN(Cc3ccccc3)CC2)c(Cl)c1F. The summed E-state index contributed by atoms with van der Waals surface area (Å²) in [6.07, 6.45) is -0.569. The maximum absolute atomic E-state index is 15.4. The molecule has 4 rings (SSSR count). The molecule has 0 N–H and O–H groups in total. The molecule has 2 heterocycles. The lowest BCUT2D eigenvalue weighted by Crippen LogP contribution is -2.42. The van der Waals surface area contributed by atoms with Gasteiger partial charge in [-0.05, 0) is 39.2 Å². The topological polar surface area (TPSA) is 89.0 Å². The largest absolute Gasteiger partial charge is 0.489 e. The molecule has 1 aromatic heterocycles. The van der Waals surface area contributed by atoms with Crippen LogP contribution in [0.2, 0.25) is 5.02 Å². The summed E-state index contributed by atoms with van der Waals surface area (Å²) in [4.78, 5) is 17.5. The molecule has 0 radical (unpaired) electrons. The summed E-state index contributed by atoms with van der Waals surface area (Å²) in [6, 6.07) is 10.7. The van der Waals surface area contributed by atoms with Crippen molar-refractivity contribution in [1.29, 1.82) is 0 Å². The molecule has 1 aliphatic rings. The maximum atomic E-state index is 15.4. The number of halogens is 3. The van der Waals surface area contributed by atoms with Gasteiger partial charge in [-0.1, -0.05) is 41.9 Å². The minimum absolute atomic E-state index is 0.121. The molecule has 1 aliphatic heterocycles. The van der Waals surface area contributed by atoms with E-state index in [2.05, 4.69) is 9.88 Å². The van der Waals surface area contributed by atoms with Crippen LogP contribution in [0, 0.1) is 11.6 Å². The highest BCUT2D eigenvalue weighted by atomic mass is 35.5. The zero-order valence-corrected chi connectivity index (χ0v) is 24.0. The molecule has 0 unspecified atom stereocenters. The second-order valence-corrected chi connectivity index (χ2v) is 12.8. The molecule has 1 fully saturated rings. The lowest BCUT2D eigenvalue weighted by molar-refractivity contribution is 0.0608. The Bertz CT molecular complexity index is 1410. The number of carbonyl (C=O) groups is 1. The molecule has 13 heteroatoms. The third-order valence-corrected chi connectivity index (χ3v) is 8.48. The molecule has 0 bridgehead atoms. The summed E-state index contributed by atoms with van der Waals surface area (Å²) in [5.41, 5.74) is 1.35. The standard InChI is InChI=1S/C26H28ClF2N3O5S2/c1-26(2,3)37-25(33)32(21-15-38-16-30-21)39(34,35)24-19(28)13-20(22(27)23(24)29)36-18-9-11-31(12-10-18)14-17-7-5-4-6-8-17/h4-8,13,15-16,18H,9-12,14H2,1-3H3. The highest BCUT2D eigenvalue weighted by Crippen LogP contribution is 2.38. The summed E-state index contributed by atoms with van der Waals surface area (Å²) in [6.45, 7) is 6.74. The molecular formula is C26H28ClF2N3O5S2. The van der Waals surface area contributed by atoms with Crippen molar-refractivity contribution in [3.63, 3.8) is 0 Å². The summed E-state index contributed by atoms with van der Waals surface area (Å²) in [5.74, 6) is -3.72. The smallest absolute Gasteiger partial charge is 0.430 e. The van der Waals surface area contributed by atoms with E-state index in [0.29, 0.717) is 25.9 Å². The van der Waals surface area contributed by atoms with Crippen LogP contribution in [0.15, 0.2) is 52.2 Å². The lowest BCUT2D eigenvalue weighted by Gasteiger charge is -2.32. The Hall–Kier alpha value is -2.80. The molecule has 2 aromatic carbocycles. The van der Waals surface area contributed by atoms with Crippen molar-refractivity contribution in [2.75, 3.05) is 17.4 Å². The van der Waals surface area contributed by atoms with E-state index in [1.807, 2.05) is 30.3 Å². The van der Waals surface area contributed by atoms with Crippen LogP contribution < -0.4 is 9.04 Å². The van der Waals surface area contributed by atoms with Gasteiger partial charge in [0.2, 0.25) is 0 Å². The zero-order valence-electron chi connectivity index (χ0n) is 21.6. The van der Waals surface area contributed by atoms with Gasteiger partial charge in [0.1, 0.15) is 22.5 Å². The van der Waals surface area contributed by atoms with E-state index < -0.39 is 43.3 Å². The molecule has 0 spiro atoms. The second kappa shape index (κ2) is 11.7. The number of carbonyl (C=O) groups excluding carboxylic acids is 1. The van der Waals surface area contributed by atoms with Gasteiger partial charge in [-0.25, -0.2) is 27.0 Å². The van der Waals surface area contributed by atoms with E-state index in [4.69, 9.17) is 21.1 Å². The van der Waals surface area contributed by atoms with Crippen LogP contribution in [-0.4, -0.2) is 49.2 Å². The van der Waals surface area contributed by atoms with Crippen LogP contribution >= 0.6 is 22.9 Å². The van der Waals surface area contributed by atoms with E-state index >= 15 is 8.78 Å². The predicted octanol–water partition coefficient (Wildman–Crippen LogP) is 6.25. The molecule has 3 aromatic rings. The van der Waals surface area contributed by atoms with Gasteiger partial charge in [0, 0.05) is 31.1 Å². The number of anilines is 1. The summed E-state index contributed by atoms with van der Waals surface area (Å²) in [7, 11) is -5.16. The van der Waals surface area contributed by atoms with Gasteiger partial charge in [-0.2, -0.15) is 0 Å². The Morgan fingerprint density at radius 2 is 1.87 bits per heavy atom. The number of piperidine rings is 1. The van der Waals surface area contributed by atoms with E-state index in [1.54, 1.807) is 0 Å². The van der Waals surface area contributed by atoms with E-state index in [1.165, 1.54) is 37.2 Å². The Balaban J connectivity index is 1.55. The summed E-state index contributed by atoms with van der Waals surface area (Å²) < 4.78 is 68.7. The van der Waals surface area contributed by atoms with Crippen LogP contribution in [0.5, 0.6) is 5.75 Å². The monoisotopic (exact) mass is 599 g/mol. The number of rotatable bonds is 7. The second-order valence-electron chi connectivity index (χ2n) is 9.99. The van der Waals surface area contributed by atoms with Gasteiger partial charge in [-0.3, -0.25) is 4.90 Å². The van der Waals surface area contributed by atoms with Crippen molar-refractivity contribution < 1.29 is 31.5 Å². The summed E-state index contributed by atoms with van der Waals surface area (Å²) >= 11 is 7.14. The average Bonchev–Trinajstić information content (AvgIpc) is 3.37. The maximum Gasteiger partial charge on any atom is 0.430 e. The third-order valence-electron chi connectivity index (χ3n) is 5.85.